The van der Waals surface area contributed by atoms with Crippen molar-refractivity contribution >= 4 is 11.6 Å². The van der Waals surface area contributed by atoms with Gasteiger partial charge in [-0.25, -0.2) is 9.97 Å². The van der Waals surface area contributed by atoms with Crippen LogP contribution < -0.4 is 9.80 Å². The summed E-state index contributed by atoms with van der Waals surface area (Å²) in [6, 6.07) is 23.3. The second-order valence-corrected chi connectivity index (χ2v) is 6.98. The van der Waals surface area contributed by atoms with E-state index >= 15 is 0 Å². The van der Waals surface area contributed by atoms with Crippen LogP contribution >= 0.6 is 0 Å². The van der Waals surface area contributed by atoms with Crippen LogP contribution in [-0.4, -0.2) is 42.8 Å². The molecule has 0 aliphatic carbocycles. The minimum absolute atomic E-state index is 0.751. The number of hydrogen-bond donors (Lipinski definition) is 0. The molecule has 0 unspecified atom stereocenters. The molecule has 0 radical (unpaired) electrons. The fraction of sp³-hybridized carbons (Fsp3) is 0.304. The zero-order valence-corrected chi connectivity index (χ0v) is 16.1. The number of aromatic nitrogens is 2. The van der Waals surface area contributed by atoms with Crippen LogP contribution in [0, 0.1) is 0 Å². The molecule has 2 heterocycles. The van der Waals surface area contributed by atoms with Crippen LogP contribution in [0.3, 0.4) is 0 Å². The Balaban J connectivity index is 1.55. The van der Waals surface area contributed by atoms with Crippen LogP contribution in [0.1, 0.15) is 11.1 Å². The van der Waals surface area contributed by atoms with Gasteiger partial charge >= 0.3 is 0 Å². The van der Waals surface area contributed by atoms with Crippen molar-refractivity contribution in [3.63, 3.8) is 0 Å². The summed E-state index contributed by atoms with van der Waals surface area (Å²) in [6.07, 6.45) is 2.66. The summed E-state index contributed by atoms with van der Waals surface area (Å²) in [7, 11) is 0. The van der Waals surface area contributed by atoms with Gasteiger partial charge in [-0.1, -0.05) is 60.7 Å². The molecule has 1 aliphatic heterocycles. The first kappa shape index (κ1) is 18.4. The highest BCUT2D eigenvalue weighted by Gasteiger charge is 2.16. The van der Waals surface area contributed by atoms with E-state index < -0.39 is 0 Å². The summed E-state index contributed by atoms with van der Waals surface area (Å²) in [4.78, 5) is 13.7. The predicted octanol–water partition coefficient (Wildman–Crippen LogP) is 3.56. The van der Waals surface area contributed by atoms with Crippen LogP contribution in [-0.2, 0) is 17.7 Å². The first-order valence-corrected chi connectivity index (χ1v) is 9.86. The summed E-state index contributed by atoms with van der Waals surface area (Å²) in [5.74, 6) is 1.95. The molecular formula is C23H26N4O. The molecule has 28 heavy (non-hydrogen) atoms. The third-order valence-corrected chi connectivity index (χ3v) is 5.03. The maximum absolute atomic E-state index is 5.47. The molecule has 1 saturated heterocycles. The predicted molar refractivity (Wildman–Crippen MR) is 113 cm³/mol. The maximum Gasteiger partial charge on any atom is 0.134 e. The molecule has 0 N–H and O–H groups in total. The normalized spacial score (nSPS) is 14.1. The largest absolute Gasteiger partial charge is 0.378 e. The number of hydrogen-bond acceptors (Lipinski definition) is 5. The molecular weight excluding hydrogens is 348 g/mol. The molecule has 3 aromatic rings. The first-order valence-electron chi connectivity index (χ1n) is 9.86. The Labute approximate surface area is 166 Å². The molecule has 0 bridgehead atoms. The van der Waals surface area contributed by atoms with Gasteiger partial charge in [0.25, 0.3) is 0 Å². The summed E-state index contributed by atoms with van der Waals surface area (Å²) in [5, 5.41) is 0. The number of anilines is 2. The Kier molecular flexibility index (Phi) is 6.15. The molecule has 5 heteroatoms. The summed E-state index contributed by atoms with van der Waals surface area (Å²) in [5.41, 5.74) is 2.62. The van der Waals surface area contributed by atoms with E-state index in [0.717, 1.165) is 57.4 Å². The lowest BCUT2D eigenvalue weighted by atomic mass is 10.1. The molecule has 5 nitrogen and oxygen atoms in total. The van der Waals surface area contributed by atoms with Gasteiger partial charge in [-0.2, -0.15) is 0 Å². The van der Waals surface area contributed by atoms with Crippen LogP contribution in [0.4, 0.5) is 11.6 Å². The molecule has 4 rings (SSSR count). The minimum atomic E-state index is 0.751. The van der Waals surface area contributed by atoms with E-state index in [1.54, 1.807) is 6.33 Å². The van der Waals surface area contributed by atoms with E-state index in [1.807, 2.05) is 0 Å². The van der Waals surface area contributed by atoms with Crippen molar-refractivity contribution in [1.29, 1.82) is 0 Å². The summed E-state index contributed by atoms with van der Waals surface area (Å²) >= 11 is 0. The Hall–Kier alpha value is -2.92. The van der Waals surface area contributed by atoms with Crippen LogP contribution in [0.15, 0.2) is 73.1 Å². The van der Waals surface area contributed by atoms with Gasteiger partial charge in [-0.05, 0) is 17.5 Å². The maximum atomic E-state index is 5.47. The highest BCUT2D eigenvalue weighted by molar-refractivity contribution is 5.51. The van der Waals surface area contributed by atoms with E-state index in [9.17, 15) is 0 Å². The highest BCUT2D eigenvalue weighted by Crippen LogP contribution is 2.21. The lowest BCUT2D eigenvalue weighted by Crippen LogP contribution is -2.37. The summed E-state index contributed by atoms with van der Waals surface area (Å²) in [6.45, 7) is 4.98. The average molecular weight is 374 g/mol. The van der Waals surface area contributed by atoms with E-state index in [4.69, 9.17) is 4.74 Å². The zero-order valence-electron chi connectivity index (χ0n) is 16.1. The average Bonchev–Trinajstić information content (AvgIpc) is 2.79. The van der Waals surface area contributed by atoms with Gasteiger partial charge in [-0.3, -0.25) is 0 Å². The van der Waals surface area contributed by atoms with Crippen molar-refractivity contribution in [3.05, 3.63) is 84.2 Å². The second-order valence-electron chi connectivity index (χ2n) is 6.98. The molecule has 0 spiro atoms. The monoisotopic (exact) mass is 374 g/mol. The topological polar surface area (TPSA) is 41.5 Å². The van der Waals surface area contributed by atoms with E-state index in [-0.39, 0.29) is 0 Å². The third kappa shape index (κ3) is 4.87. The van der Waals surface area contributed by atoms with Crippen LogP contribution in [0.5, 0.6) is 0 Å². The van der Waals surface area contributed by atoms with Gasteiger partial charge in [0, 0.05) is 32.2 Å². The molecule has 1 aliphatic rings. The fourth-order valence-electron chi connectivity index (χ4n) is 3.46. The molecule has 0 saturated carbocycles. The zero-order chi connectivity index (χ0) is 19.0. The van der Waals surface area contributed by atoms with Gasteiger partial charge in [0.2, 0.25) is 0 Å². The van der Waals surface area contributed by atoms with Crippen molar-refractivity contribution in [3.8, 4) is 0 Å². The van der Waals surface area contributed by atoms with Gasteiger partial charge in [0.1, 0.15) is 18.0 Å². The Bertz CT molecular complexity index is 851. The van der Waals surface area contributed by atoms with Gasteiger partial charge in [0.05, 0.1) is 13.2 Å². The molecule has 1 fully saturated rings. The van der Waals surface area contributed by atoms with Gasteiger partial charge < -0.3 is 14.5 Å². The van der Waals surface area contributed by atoms with Crippen molar-refractivity contribution in [1.82, 2.24) is 9.97 Å². The van der Waals surface area contributed by atoms with Crippen LogP contribution in [0.2, 0.25) is 0 Å². The van der Waals surface area contributed by atoms with E-state index in [1.165, 1.54) is 11.1 Å². The number of morpholine rings is 1. The Morgan fingerprint density at radius 1 is 0.857 bits per heavy atom. The fourth-order valence-corrected chi connectivity index (χ4v) is 3.46. The molecule has 0 amide bonds. The van der Waals surface area contributed by atoms with Crippen molar-refractivity contribution < 1.29 is 4.74 Å². The van der Waals surface area contributed by atoms with Crippen molar-refractivity contribution in [2.75, 3.05) is 42.6 Å². The number of benzene rings is 2. The molecule has 1 aromatic heterocycles. The van der Waals surface area contributed by atoms with Gasteiger partial charge in [0.15, 0.2) is 0 Å². The third-order valence-electron chi connectivity index (χ3n) is 5.03. The molecule has 0 atom stereocenters. The Morgan fingerprint density at radius 2 is 1.54 bits per heavy atom. The van der Waals surface area contributed by atoms with E-state index in [2.05, 4.69) is 86.5 Å². The van der Waals surface area contributed by atoms with Crippen LogP contribution in [0.25, 0.3) is 0 Å². The lowest BCUT2D eigenvalue weighted by molar-refractivity contribution is 0.122. The molecule has 2 aromatic carbocycles. The number of rotatable bonds is 7. The van der Waals surface area contributed by atoms with Crippen molar-refractivity contribution in [2.24, 2.45) is 0 Å². The standard InChI is InChI=1S/C23H26N4O/c1-3-7-20(8-4-1)11-12-27(18-21-9-5-2-6-10-21)23-17-22(24-19-25-23)26-13-15-28-16-14-26/h1-10,17,19H,11-16,18H2. The highest BCUT2D eigenvalue weighted by atomic mass is 16.5. The van der Waals surface area contributed by atoms with Gasteiger partial charge in [-0.15, -0.1) is 0 Å². The lowest BCUT2D eigenvalue weighted by Gasteiger charge is -2.29. The Morgan fingerprint density at radius 3 is 2.25 bits per heavy atom. The first-order chi connectivity index (χ1) is 13.9. The summed E-state index contributed by atoms with van der Waals surface area (Å²) < 4.78 is 5.47. The SMILES string of the molecule is c1ccc(CCN(Cc2ccccc2)c2cc(N3CCOCC3)ncn2)cc1. The quantitative estimate of drug-likeness (QED) is 0.632. The number of nitrogens with zero attached hydrogens (tertiary/aromatic N) is 4. The second kappa shape index (κ2) is 9.33. The number of ether oxygens (including phenoxy) is 1. The minimum Gasteiger partial charge on any atom is -0.378 e. The molecule has 144 valence electrons. The smallest absolute Gasteiger partial charge is 0.134 e. The van der Waals surface area contributed by atoms with Crippen molar-refractivity contribution in [2.45, 2.75) is 13.0 Å². The van der Waals surface area contributed by atoms with E-state index in [0.29, 0.717) is 0 Å².